The molecular formula is C22H31N3O4. The fraction of sp³-hybridized carbons (Fsp3) is 0.545. The molecule has 3 rings (SSSR count). The van der Waals surface area contributed by atoms with Crippen molar-refractivity contribution in [2.24, 2.45) is 7.05 Å². The number of ether oxygens (including phenoxy) is 1. The summed E-state index contributed by atoms with van der Waals surface area (Å²) in [5.41, 5.74) is 2.38. The van der Waals surface area contributed by atoms with Gasteiger partial charge in [0.15, 0.2) is 0 Å². The van der Waals surface area contributed by atoms with Gasteiger partial charge in [-0.25, -0.2) is 0 Å². The Hall–Kier alpha value is -2.38. The summed E-state index contributed by atoms with van der Waals surface area (Å²) in [6.45, 7) is 2.84. The number of fused-ring (bicyclic) bond motifs is 1. The Kier molecular flexibility index (Phi) is 7.28. The van der Waals surface area contributed by atoms with Gasteiger partial charge in [0.2, 0.25) is 0 Å². The third-order valence-corrected chi connectivity index (χ3v) is 5.43. The number of para-hydroxylation sites is 1. The Morgan fingerprint density at radius 3 is 2.69 bits per heavy atom. The lowest BCUT2D eigenvalue weighted by atomic mass is 10.0. The van der Waals surface area contributed by atoms with Crippen LogP contribution in [0.15, 0.2) is 30.5 Å². The van der Waals surface area contributed by atoms with Crippen molar-refractivity contribution in [2.75, 3.05) is 19.7 Å². The highest BCUT2D eigenvalue weighted by molar-refractivity contribution is 5.95. The Morgan fingerprint density at radius 1 is 1.14 bits per heavy atom. The van der Waals surface area contributed by atoms with Crippen LogP contribution in [0.1, 0.15) is 47.3 Å². The van der Waals surface area contributed by atoms with E-state index >= 15 is 0 Å². The van der Waals surface area contributed by atoms with E-state index < -0.39 is 12.2 Å². The zero-order chi connectivity index (χ0) is 20.8. The van der Waals surface area contributed by atoms with Crippen molar-refractivity contribution >= 4 is 5.91 Å². The average Bonchev–Trinajstić information content (AvgIpc) is 3.05. The zero-order valence-electron chi connectivity index (χ0n) is 17.3. The van der Waals surface area contributed by atoms with E-state index in [1.807, 2.05) is 31.2 Å². The molecule has 0 unspecified atom stereocenters. The largest absolute Gasteiger partial charge is 0.491 e. The lowest BCUT2D eigenvalue weighted by Gasteiger charge is -2.26. The summed E-state index contributed by atoms with van der Waals surface area (Å²) in [6, 6.07) is 7.82. The summed E-state index contributed by atoms with van der Waals surface area (Å²) in [5, 5.41) is 25.0. The second-order valence-corrected chi connectivity index (χ2v) is 7.75. The summed E-state index contributed by atoms with van der Waals surface area (Å²) >= 11 is 0. The fourth-order valence-corrected chi connectivity index (χ4v) is 3.71. The summed E-state index contributed by atoms with van der Waals surface area (Å²) in [5.74, 6) is 0.686. The predicted molar refractivity (Wildman–Crippen MR) is 110 cm³/mol. The highest BCUT2D eigenvalue weighted by atomic mass is 16.5. The number of carbonyl (C=O) groups is 1. The van der Waals surface area contributed by atoms with Crippen LogP contribution in [0.2, 0.25) is 0 Å². The topological polar surface area (TPSA) is 87.8 Å². The first-order valence-corrected chi connectivity index (χ1v) is 10.3. The number of hydrogen-bond donors (Lipinski definition) is 2. The smallest absolute Gasteiger partial charge is 0.257 e. The Morgan fingerprint density at radius 2 is 1.93 bits per heavy atom. The van der Waals surface area contributed by atoms with E-state index in [4.69, 9.17) is 4.74 Å². The number of aromatic nitrogens is 2. The summed E-state index contributed by atoms with van der Waals surface area (Å²) in [7, 11) is 1.80. The van der Waals surface area contributed by atoms with Gasteiger partial charge >= 0.3 is 0 Å². The molecule has 1 aromatic heterocycles. The molecule has 0 spiro atoms. The lowest BCUT2D eigenvalue weighted by molar-refractivity contribution is -0.0153. The van der Waals surface area contributed by atoms with Gasteiger partial charge in [0.1, 0.15) is 18.5 Å². The standard InChI is InChI=1S/C22H31N3O4/c1-16-18(14-24(2)23-16)22(28)25-12-7-3-4-8-17-9-5-6-10-21(17)29-15-20(27)19(26)11-13-25/h5-6,9-10,14,19-20,26-27H,3-4,7-8,11-13,15H2,1-2H3/t19-,20+/m0/s1. The number of aryl methyl sites for hydroxylation is 3. The van der Waals surface area contributed by atoms with Crippen LogP contribution < -0.4 is 4.74 Å². The number of benzene rings is 1. The molecule has 29 heavy (non-hydrogen) atoms. The molecular weight excluding hydrogens is 370 g/mol. The van der Waals surface area contributed by atoms with Crippen LogP contribution >= 0.6 is 0 Å². The second-order valence-electron chi connectivity index (χ2n) is 7.75. The van der Waals surface area contributed by atoms with E-state index in [0.717, 1.165) is 37.0 Å². The fourth-order valence-electron chi connectivity index (χ4n) is 3.71. The van der Waals surface area contributed by atoms with Gasteiger partial charge in [-0.1, -0.05) is 24.6 Å². The van der Waals surface area contributed by atoms with E-state index in [-0.39, 0.29) is 18.9 Å². The molecule has 2 heterocycles. The van der Waals surface area contributed by atoms with Crippen LogP contribution in [0.25, 0.3) is 0 Å². The number of rotatable bonds is 1. The van der Waals surface area contributed by atoms with Gasteiger partial charge in [-0.3, -0.25) is 9.48 Å². The Labute approximate surface area is 171 Å². The maximum absolute atomic E-state index is 13.0. The SMILES string of the molecule is Cc1nn(C)cc1C(=O)N1CCCCCc2ccccc2OC[C@@H](O)[C@@H](O)CC1. The van der Waals surface area contributed by atoms with Crippen molar-refractivity contribution in [1.29, 1.82) is 0 Å². The van der Waals surface area contributed by atoms with Gasteiger partial charge < -0.3 is 19.8 Å². The van der Waals surface area contributed by atoms with E-state index in [2.05, 4.69) is 5.10 Å². The number of carbonyl (C=O) groups excluding carboxylic acids is 1. The van der Waals surface area contributed by atoms with E-state index in [1.165, 1.54) is 0 Å². The van der Waals surface area contributed by atoms with Crippen LogP contribution in [0.3, 0.4) is 0 Å². The van der Waals surface area contributed by atoms with Gasteiger partial charge in [0.25, 0.3) is 5.91 Å². The molecule has 0 bridgehead atoms. The van der Waals surface area contributed by atoms with Gasteiger partial charge in [-0.2, -0.15) is 5.10 Å². The van der Waals surface area contributed by atoms with Gasteiger partial charge in [0.05, 0.1) is 17.4 Å². The Balaban J connectivity index is 1.72. The number of amides is 1. The quantitative estimate of drug-likeness (QED) is 0.764. The van der Waals surface area contributed by atoms with Crippen molar-refractivity contribution in [3.05, 3.63) is 47.3 Å². The molecule has 0 aliphatic carbocycles. The summed E-state index contributed by atoms with van der Waals surface area (Å²) in [6.07, 6.45) is 3.81. The van der Waals surface area contributed by atoms with Crippen molar-refractivity contribution in [1.82, 2.24) is 14.7 Å². The molecule has 2 aromatic rings. The lowest BCUT2D eigenvalue weighted by Crippen LogP contribution is -2.38. The van der Waals surface area contributed by atoms with E-state index in [9.17, 15) is 15.0 Å². The minimum atomic E-state index is -1.01. The average molecular weight is 402 g/mol. The third kappa shape index (κ3) is 5.58. The first kappa shape index (κ1) is 21.3. The maximum atomic E-state index is 13.0. The van der Waals surface area contributed by atoms with Crippen LogP contribution in [-0.2, 0) is 13.5 Å². The van der Waals surface area contributed by atoms with Crippen LogP contribution in [-0.4, -0.2) is 62.7 Å². The molecule has 0 saturated heterocycles. The number of aliphatic hydroxyl groups is 2. The molecule has 1 amide bonds. The second kappa shape index (κ2) is 9.89. The molecule has 0 saturated carbocycles. The van der Waals surface area contributed by atoms with E-state index in [0.29, 0.717) is 24.3 Å². The molecule has 0 radical (unpaired) electrons. The number of nitrogens with zero attached hydrogens (tertiary/aromatic N) is 3. The van der Waals surface area contributed by atoms with Gasteiger partial charge in [0, 0.05) is 26.3 Å². The van der Waals surface area contributed by atoms with E-state index in [1.54, 1.807) is 22.8 Å². The summed E-state index contributed by atoms with van der Waals surface area (Å²) < 4.78 is 7.41. The summed E-state index contributed by atoms with van der Waals surface area (Å²) in [4.78, 5) is 14.8. The molecule has 158 valence electrons. The first-order valence-electron chi connectivity index (χ1n) is 10.3. The Bertz CT molecular complexity index is 820. The number of hydrogen-bond acceptors (Lipinski definition) is 5. The van der Waals surface area contributed by atoms with Crippen molar-refractivity contribution in [3.8, 4) is 5.75 Å². The van der Waals surface area contributed by atoms with Gasteiger partial charge in [-0.15, -0.1) is 0 Å². The highest BCUT2D eigenvalue weighted by Gasteiger charge is 2.23. The highest BCUT2D eigenvalue weighted by Crippen LogP contribution is 2.22. The molecule has 1 aromatic carbocycles. The monoisotopic (exact) mass is 401 g/mol. The molecule has 1 aliphatic heterocycles. The molecule has 2 N–H and O–H groups in total. The first-order chi connectivity index (χ1) is 14.0. The van der Waals surface area contributed by atoms with Crippen molar-refractivity contribution < 1.29 is 19.7 Å². The minimum Gasteiger partial charge on any atom is -0.491 e. The molecule has 7 heteroatoms. The van der Waals surface area contributed by atoms with Crippen LogP contribution in [0.4, 0.5) is 0 Å². The predicted octanol–water partition coefficient (Wildman–Crippen LogP) is 2.09. The zero-order valence-corrected chi connectivity index (χ0v) is 17.3. The molecule has 7 nitrogen and oxygen atoms in total. The molecule has 2 atom stereocenters. The van der Waals surface area contributed by atoms with Crippen LogP contribution in [0.5, 0.6) is 5.75 Å². The minimum absolute atomic E-state index is 0.0217. The normalized spacial score (nSPS) is 21.7. The molecule has 0 fully saturated rings. The molecule has 1 aliphatic rings. The third-order valence-electron chi connectivity index (χ3n) is 5.43. The van der Waals surface area contributed by atoms with Crippen molar-refractivity contribution in [2.45, 2.75) is 51.2 Å². The van der Waals surface area contributed by atoms with Gasteiger partial charge in [-0.05, 0) is 44.2 Å². The number of aliphatic hydroxyl groups excluding tert-OH is 2. The maximum Gasteiger partial charge on any atom is 0.257 e. The van der Waals surface area contributed by atoms with Crippen molar-refractivity contribution in [3.63, 3.8) is 0 Å². The van der Waals surface area contributed by atoms with Crippen LogP contribution in [0, 0.1) is 6.92 Å².